The molecule has 3 aliphatic rings. The SMILES string of the molecule is N[C@@H]1[C@@H](OC[C@H]2O[C@H](O)[C@@H](O)[C@@H](O[C@H]3O[C@H](CO)[C@@H](O)[C@H](O)[C@@H]3N)[C@@H]2O)O[C@H](CO)[C@@H](O)[C@@H]1O. The van der Waals surface area contributed by atoms with Crippen LogP contribution in [-0.4, -0.2) is 158 Å². The van der Waals surface area contributed by atoms with Gasteiger partial charge in [0.25, 0.3) is 0 Å². The van der Waals surface area contributed by atoms with Gasteiger partial charge in [-0.05, 0) is 0 Å². The molecule has 0 aromatic carbocycles. The van der Waals surface area contributed by atoms with Gasteiger partial charge in [0.15, 0.2) is 18.9 Å². The molecule has 13 N–H and O–H groups in total. The maximum absolute atomic E-state index is 10.7. The molecule has 200 valence electrons. The van der Waals surface area contributed by atoms with Gasteiger partial charge in [-0.25, -0.2) is 0 Å². The molecule has 0 unspecified atom stereocenters. The summed E-state index contributed by atoms with van der Waals surface area (Å²) in [6.45, 7) is -1.81. The topological polar surface area (TPSA) is 280 Å². The minimum Gasteiger partial charge on any atom is -0.394 e. The van der Waals surface area contributed by atoms with E-state index >= 15 is 0 Å². The van der Waals surface area contributed by atoms with E-state index < -0.39 is 112 Å². The Labute approximate surface area is 193 Å². The molecule has 0 bridgehead atoms. The second kappa shape index (κ2) is 11.6. The van der Waals surface area contributed by atoms with Crippen molar-refractivity contribution in [1.29, 1.82) is 0 Å². The normalized spacial score (nSPS) is 52.5. The molecule has 3 rings (SSSR count). The van der Waals surface area contributed by atoms with Crippen LogP contribution in [0.25, 0.3) is 0 Å². The highest BCUT2D eigenvalue weighted by Crippen LogP contribution is 2.29. The smallest absolute Gasteiger partial charge is 0.184 e. The lowest BCUT2D eigenvalue weighted by molar-refractivity contribution is -0.346. The lowest BCUT2D eigenvalue weighted by Crippen LogP contribution is -2.66. The van der Waals surface area contributed by atoms with Gasteiger partial charge in [0.05, 0.1) is 31.9 Å². The number of aliphatic hydroxyl groups excluding tert-OH is 9. The third-order valence-corrected chi connectivity index (χ3v) is 6.23. The van der Waals surface area contributed by atoms with Crippen LogP contribution in [0.4, 0.5) is 0 Å². The molecule has 3 aliphatic heterocycles. The van der Waals surface area contributed by atoms with Crippen molar-refractivity contribution in [3.63, 3.8) is 0 Å². The van der Waals surface area contributed by atoms with E-state index in [0.717, 1.165) is 0 Å². The largest absolute Gasteiger partial charge is 0.394 e. The monoisotopic (exact) mass is 502 g/mol. The molecule has 0 radical (unpaired) electrons. The number of aliphatic hydroxyl groups is 9. The first-order chi connectivity index (χ1) is 16.0. The quantitative estimate of drug-likeness (QED) is 0.154. The summed E-state index contributed by atoms with van der Waals surface area (Å²) in [4.78, 5) is 0. The van der Waals surface area contributed by atoms with Crippen molar-refractivity contribution in [3.8, 4) is 0 Å². The Hall–Kier alpha value is -0.640. The molecule has 16 heteroatoms. The van der Waals surface area contributed by atoms with E-state index in [-0.39, 0.29) is 0 Å². The zero-order valence-corrected chi connectivity index (χ0v) is 18.0. The van der Waals surface area contributed by atoms with E-state index in [1.54, 1.807) is 0 Å². The molecule has 34 heavy (non-hydrogen) atoms. The van der Waals surface area contributed by atoms with E-state index in [0.29, 0.717) is 0 Å². The average Bonchev–Trinajstić information content (AvgIpc) is 2.82. The van der Waals surface area contributed by atoms with Crippen LogP contribution in [0.2, 0.25) is 0 Å². The van der Waals surface area contributed by atoms with Gasteiger partial charge in [0.2, 0.25) is 0 Å². The fourth-order valence-electron chi connectivity index (χ4n) is 4.04. The molecule has 3 heterocycles. The van der Waals surface area contributed by atoms with Crippen molar-refractivity contribution in [1.82, 2.24) is 0 Å². The van der Waals surface area contributed by atoms with Crippen molar-refractivity contribution in [2.45, 2.75) is 92.0 Å². The van der Waals surface area contributed by atoms with Gasteiger partial charge in [-0.3, -0.25) is 0 Å². The average molecular weight is 502 g/mol. The highest BCUT2D eigenvalue weighted by molar-refractivity contribution is 4.96. The first kappa shape index (κ1) is 27.9. The van der Waals surface area contributed by atoms with Crippen LogP contribution in [-0.2, 0) is 23.7 Å². The van der Waals surface area contributed by atoms with E-state index in [2.05, 4.69) is 0 Å². The highest BCUT2D eigenvalue weighted by Gasteiger charge is 2.50. The second-order valence-corrected chi connectivity index (χ2v) is 8.55. The van der Waals surface area contributed by atoms with Gasteiger partial charge in [0, 0.05) is 0 Å². The third-order valence-electron chi connectivity index (χ3n) is 6.23. The molecule has 16 nitrogen and oxygen atoms in total. The van der Waals surface area contributed by atoms with Crippen LogP contribution < -0.4 is 11.5 Å². The van der Waals surface area contributed by atoms with E-state index in [9.17, 15) is 46.0 Å². The van der Waals surface area contributed by atoms with E-state index in [1.165, 1.54) is 0 Å². The van der Waals surface area contributed by atoms with Crippen LogP contribution >= 0.6 is 0 Å². The summed E-state index contributed by atoms with van der Waals surface area (Å²) in [7, 11) is 0. The molecule has 0 saturated carbocycles. The molecule has 3 saturated heterocycles. The maximum Gasteiger partial charge on any atom is 0.184 e. The lowest BCUT2D eigenvalue weighted by atomic mass is 9.96. The molecule has 0 aromatic heterocycles. The number of nitrogens with two attached hydrogens (primary N) is 2. The van der Waals surface area contributed by atoms with Crippen molar-refractivity contribution < 1.29 is 69.6 Å². The first-order valence-corrected chi connectivity index (χ1v) is 10.7. The predicted molar refractivity (Wildman–Crippen MR) is 105 cm³/mol. The molecular weight excluding hydrogens is 468 g/mol. The van der Waals surface area contributed by atoms with Gasteiger partial charge in [-0.15, -0.1) is 0 Å². The predicted octanol–water partition coefficient (Wildman–Crippen LogP) is -7.64. The Kier molecular flexibility index (Phi) is 9.54. The number of hydrogen-bond acceptors (Lipinski definition) is 16. The zero-order valence-electron chi connectivity index (χ0n) is 18.0. The molecule has 0 amide bonds. The number of ether oxygens (including phenoxy) is 5. The fraction of sp³-hybridized carbons (Fsp3) is 1.00. The summed E-state index contributed by atoms with van der Waals surface area (Å²) >= 11 is 0. The molecular formula is C18H34N2O14. The van der Waals surface area contributed by atoms with Gasteiger partial charge in [0.1, 0.15) is 61.0 Å². The Bertz CT molecular complexity index is 646. The third kappa shape index (κ3) is 5.52. The summed E-state index contributed by atoms with van der Waals surface area (Å²) in [5.41, 5.74) is 11.6. The van der Waals surface area contributed by atoms with Crippen molar-refractivity contribution in [2.24, 2.45) is 11.5 Å². The molecule has 0 spiro atoms. The van der Waals surface area contributed by atoms with Crippen molar-refractivity contribution >= 4 is 0 Å². The molecule has 3 fully saturated rings. The van der Waals surface area contributed by atoms with Gasteiger partial charge >= 0.3 is 0 Å². The molecule has 15 atom stereocenters. The van der Waals surface area contributed by atoms with Crippen LogP contribution in [0, 0.1) is 0 Å². The fourth-order valence-corrected chi connectivity index (χ4v) is 4.04. The van der Waals surface area contributed by atoms with Crippen molar-refractivity contribution in [3.05, 3.63) is 0 Å². The summed E-state index contributed by atoms with van der Waals surface area (Å²) < 4.78 is 26.7. The van der Waals surface area contributed by atoms with E-state index in [4.69, 9.17) is 35.2 Å². The highest BCUT2D eigenvalue weighted by atomic mass is 16.7. The molecule has 0 aromatic rings. The summed E-state index contributed by atoms with van der Waals surface area (Å²) in [5, 5.41) is 89.5. The minimum absolute atomic E-state index is 0.498. The maximum atomic E-state index is 10.7. The summed E-state index contributed by atoms with van der Waals surface area (Å²) in [6, 6.07) is -2.55. The second-order valence-electron chi connectivity index (χ2n) is 8.55. The Morgan fingerprint density at radius 1 is 0.588 bits per heavy atom. The lowest BCUT2D eigenvalue weighted by Gasteiger charge is -2.46. The Balaban J connectivity index is 1.65. The number of hydrogen-bond donors (Lipinski definition) is 11. The van der Waals surface area contributed by atoms with Gasteiger partial charge < -0.3 is 81.1 Å². The standard InChI is InChI=1S/C18H34N2O14/c19-7-12(26)9(23)4(1-21)32-17(7)30-3-6-11(25)15(14(28)16(29)31-6)34-18-8(20)13(27)10(24)5(2-22)33-18/h4-18,21-29H,1-3,19-20H2/t4-,5-,6-,7+,8+,9-,10-,11-,12-,13-,14+,15+,16+,17+,18-/m1/s1. The Morgan fingerprint density at radius 3 is 1.62 bits per heavy atom. The molecule has 0 aliphatic carbocycles. The Morgan fingerprint density at radius 2 is 1.09 bits per heavy atom. The van der Waals surface area contributed by atoms with Gasteiger partial charge in [-0.1, -0.05) is 0 Å². The van der Waals surface area contributed by atoms with Crippen LogP contribution in [0.3, 0.4) is 0 Å². The summed E-state index contributed by atoms with van der Waals surface area (Å²) in [5.74, 6) is 0. The van der Waals surface area contributed by atoms with E-state index in [1.807, 2.05) is 0 Å². The van der Waals surface area contributed by atoms with Crippen LogP contribution in [0.5, 0.6) is 0 Å². The number of rotatable bonds is 7. The minimum atomic E-state index is -1.86. The van der Waals surface area contributed by atoms with Crippen LogP contribution in [0.1, 0.15) is 0 Å². The van der Waals surface area contributed by atoms with Crippen LogP contribution in [0.15, 0.2) is 0 Å². The first-order valence-electron chi connectivity index (χ1n) is 10.7. The zero-order chi connectivity index (χ0) is 25.3. The van der Waals surface area contributed by atoms with Gasteiger partial charge in [-0.2, -0.15) is 0 Å². The summed E-state index contributed by atoms with van der Waals surface area (Å²) in [6.07, 6.45) is -19.5. The van der Waals surface area contributed by atoms with Crippen molar-refractivity contribution in [2.75, 3.05) is 19.8 Å².